The zero-order valence-electron chi connectivity index (χ0n) is 36.4. The predicted molar refractivity (Wildman–Crippen MR) is 278 cm³/mol. The number of hydrogen-bond donors (Lipinski definition) is 0. The van der Waals surface area contributed by atoms with Crippen LogP contribution in [-0.4, -0.2) is 0 Å². The molecule has 1 aliphatic rings. The van der Waals surface area contributed by atoms with E-state index in [0.717, 1.165) is 22.6 Å². The largest absolute Gasteiger partial charge is 0.310 e. The van der Waals surface area contributed by atoms with Gasteiger partial charge in [-0.05, 0) is 113 Å². The van der Waals surface area contributed by atoms with Gasteiger partial charge in [0.05, 0.1) is 11.1 Å². The minimum atomic E-state index is -0.460. The van der Waals surface area contributed by atoms with Gasteiger partial charge in [0.1, 0.15) is 0 Å². The Balaban J connectivity index is 1.03. The van der Waals surface area contributed by atoms with Crippen molar-refractivity contribution in [2.75, 3.05) is 4.90 Å². The van der Waals surface area contributed by atoms with E-state index in [9.17, 15) is 0 Å². The Morgan fingerprint density at radius 1 is 0.273 bits per heavy atom. The van der Waals surface area contributed by atoms with Gasteiger partial charge in [0.25, 0.3) is 0 Å². The van der Waals surface area contributed by atoms with Crippen LogP contribution in [0.2, 0.25) is 0 Å². The fourth-order valence-corrected chi connectivity index (χ4v) is 10.7. The van der Waals surface area contributed by atoms with E-state index in [0.29, 0.717) is 0 Å². The van der Waals surface area contributed by atoms with Crippen molar-refractivity contribution in [2.45, 2.75) is 5.41 Å². The molecule has 11 aromatic rings. The minimum absolute atomic E-state index is 0.460. The molecule has 0 saturated carbocycles. The van der Waals surface area contributed by atoms with Gasteiger partial charge in [-0.15, -0.1) is 0 Å². The van der Waals surface area contributed by atoms with E-state index in [1.54, 1.807) is 0 Å². The molecular weight excluding hydrogens is 795 g/mol. The van der Waals surface area contributed by atoms with Gasteiger partial charge in [-0.1, -0.05) is 243 Å². The van der Waals surface area contributed by atoms with Crippen LogP contribution < -0.4 is 4.90 Å². The molecular formula is C65H45N. The van der Waals surface area contributed by atoms with Gasteiger partial charge in [0, 0.05) is 16.9 Å². The lowest BCUT2D eigenvalue weighted by Gasteiger charge is -2.34. The Bertz CT molecular complexity index is 3460. The van der Waals surface area contributed by atoms with Gasteiger partial charge >= 0.3 is 0 Å². The monoisotopic (exact) mass is 839 g/mol. The van der Waals surface area contributed by atoms with Crippen molar-refractivity contribution in [3.05, 3.63) is 295 Å². The summed E-state index contributed by atoms with van der Waals surface area (Å²) in [5.74, 6) is 0. The highest BCUT2D eigenvalue weighted by Crippen LogP contribution is 2.58. The molecule has 0 unspecified atom stereocenters. The van der Waals surface area contributed by atoms with Crippen molar-refractivity contribution in [3.8, 4) is 55.6 Å². The highest BCUT2D eigenvalue weighted by molar-refractivity contribution is 6.05. The maximum absolute atomic E-state index is 2.43. The van der Waals surface area contributed by atoms with E-state index in [1.807, 2.05) is 0 Å². The summed E-state index contributed by atoms with van der Waals surface area (Å²) in [6.45, 7) is 0. The van der Waals surface area contributed by atoms with Crippen LogP contribution >= 0.6 is 0 Å². The number of fused-ring (bicyclic) bond motifs is 4. The molecule has 1 heteroatoms. The Kier molecular flexibility index (Phi) is 9.81. The molecule has 0 atom stereocenters. The average molecular weight is 840 g/mol. The van der Waals surface area contributed by atoms with Gasteiger partial charge in [0.15, 0.2) is 0 Å². The van der Waals surface area contributed by atoms with Gasteiger partial charge in [0.2, 0.25) is 0 Å². The summed E-state index contributed by atoms with van der Waals surface area (Å²) in [6, 6.07) is 99.9. The number of benzene rings is 11. The summed E-state index contributed by atoms with van der Waals surface area (Å²) >= 11 is 0. The fraction of sp³-hybridized carbons (Fsp3) is 0.0154. The number of anilines is 3. The topological polar surface area (TPSA) is 3.24 Å². The Morgan fingerprint density at radius 2 is 0.788 bits per heavy atom. The van der Waals surface area contributed by atoms with Gasteiger partial charge in [-0.25, -0.2) is 0 Å². The standard InChI is InChI=1S/C65H45N/c1-5-21-46(22-6-1)55-32-16-18-38-62(55)66(54-31-19-26-50(45-54)58-44-41-47-23-13-14-33-56(47)63(58)49-24-7-2-8-25-49)53-42-39-48(40-43-53)57-35-20-37-61-64(57)59-34-15-17-36-60(59)65(61,51-27-9-3-10-28-51)52-29-11-4-12-30-52/h1-45H. The Hall–Kier alpha value is -8.52. The predicted octanol–water partition coefficient (Wildman–Crippen LogP) is 17.3. The first-order valence-corrected chi connectivity index (χ1v) is 22.8. The van der Waals surface area contributed by atoms with Crippen LogP contribution in [0.5, 0.6) is 0 Å². The molecule has 0 saturated heterocycles. The molecule has 310 valence electrons. The van der Waals surface area contributed by atoms with Crippen LogP contribution in [0.25, 0.3) is 66.4 Å². The van der Waals surface area contributed by atoms with Crippen molar-refractivity contribution in [1.29, 1.82) is 0 Å². The van der Waals surface area contributed by atoms with Crippen LogP contribution in [0.4, 0.5) is 17.1 Å². The number of hydrogen-bond acceptors (Lipinski definition) is 1. The third-order valence-corrected chi connectivity index (χ3v) is 13.6. The van der Waals surface area contributed by atoms with E-state index in [-0.39, 0.29) is 0 Å². The van der Waals surface area contributed by atoms with E-state index in [4.69, 9.17) is 0 Å². The fourth-order valence-electron chi connectivity index (χ4n) is 10.7. The van der Waals surface area contributed by atoms with Crippen molar-refractivity contribution in [2.24, 2.45) is 0 Å². The van der Waals surface area contributed by atoms with E-state index in [2.05, 4.69) is 278 Å². The van der Waals surface area contributed by atoms with Crippen LogP contribution in [0, 0.1) is 0 Å². The van der Waals surface area contributed by atoms with Gasteiger partial charge in [-0.2, -0.15) is 0 Å². The lowest BCUT2D eigenvalue weighted by Crippen LogP contribution is -2.28. The molecule has 0 aliphatic heterocycles. The molecule has 12 rings (SSSR count). The van der Waals surface area contributed by atoms with Crippen molar-refractivity contribution in [3.63, 3.8) is 0 Å². The first kappa shape index (κ1) is 39.1. The molecule has 0 spiro atoms. The van der Waals surface area contributed by atoms with Gasteiger partial charge in [-0.3, -0.25) is 0 Å². The quantitative estimate of drug-likeness (QED) is 0.140. The second kappa shape index (κ2) is 16.6. The molecule has 0 bridgehead atoms. The smallest absolute Gasteiger partial charge is 0.0713 e. The first-order valence-electron chi connectivity index (χ1n) is 22.8. The molecule has 0 radical (unpaired) electrons. The second-order valence-corrected chi connectivity index (χ2v) is 17.1. The Labute approximate surface area is 387 Å². The van der Waals surface area contributed by atoms with Crippen molar-refractivity contribution >= 4 is 27.8 Å². The summed E-state index contributed by atoms with van der Waals surface area (Å²) in [4.78, 5) is 2.43. The lowest BCUT2D eigenvalue weighted by molar-refractivity contribution is 0.768. The summed E-state index contributed by atoms with van der Waals surface area (Å²) < 4.78 is 0. The molecule has 1 nitrogen and oxygen atoms in total. The summed E-state index contributed by atoms with van der Waals surface area (Å²) in [7, 11) is 0. The first-order chi connectivity index (χ1) is 32.8. The third kappa shape index (κ3) is 6.47. The molecule has 0 fully saturated rings. The average Bonchev–Trinajstić information content (AvgIpc) is 3.71. The zero-order chi connectivity index (χ0) is 43.9. The lowest BCUT2D eigenvalue weighted by atomic mass is 9.67. The van der Waals surface area contributed by atoms with E-state index in [1.165, 1.54) is 83.1 Å². The van der Waals surface area contributed by atoms with Crippen molar-refractivity contribution < 1.29 is 0 Å². The molecule has 66 heavy (non-hydrogen) atoms. The molecule has 0 N–H and O–H groups in total. The van der Waals surface area contributed by atoms with Gasteiger partial charge < -0.3 is 4.90 Å². The molecule has 0 aromatic heterocycles. The summed E-state index contributed by atoms with van der Waals surface area (Å²) in [6.07, 6.45) is 0. The highest BCUT2D eigenvalue weighted by atomic mass is 15.1. The third-order valence-electron chi connectivity index (χ3n) is 13.6. The molecule has 0 amide bonds. The number of nitrogens with zero attached hydrogens (tertiary/aromatic N) is 1. The second-order valence-electron chi connectivity index (χ2n) is 17.1. The molecule has 0 heterocycles. The SMILES string of the molecule is c1ccc(-c2ccccc2N(c2ccc(-c3cccc4c3-c3ccccc3C4(c3ccccc3)c3ccccc3)cc2)c2cccc(-c3ccc4ccccc4c3-c3ccccc3)c2)cc1. The molecule has 11 aromatic carbocycles. The van der Waals surface area contributed by atoms with Crippen LogP contribution in [0.1, 0.15) is 22.3 Å². The van der Waals surface area contributed by atoms with E-state index >= 15 is 0 Å². The zero-order valence-corrected chi connectivity index (χ0v) is 36.4. The number of para-hydroxylation sites is 1. The van der Waals surface area contributed by atoms with E-state index < -0.39 is 5.41 Å². The van der Waals surface area contributed by atoms with Crippen LogP contribution in [0.15, 0.2) is 273 Å². The summed E-state index contributed by atoms with van der Waals surface area (Å²) in [5.41, 5.74) is 20.1. The maximum atomic E-state index is 2.43. The summed E-state index contributed by atoms with van der Waals surface area (Å²) in [5, 5.41) is 2.47. The van der Waals surface area contributed by atoms with Crippen LogP contribution in [-0.2, 0) is 5.41 Å². The van der Waals surface area contributed by atoms with Crippen LogP contribution in [0.3, 0.4) is 0 Å². The Morgan fingerprint density at radius 3 is 1.52 bits per heavy atom. The maximum Gasteiger partial charge on any atom is 0.0713 e. The number of rotatable bonds is 9. The van der Waals surface area contributed by atoms with Crippen molar-refractivity contribution in [1.82, 2.24) is 0 Å². The highest BCUT2D eigenvalue weighted by Gasteiger charge is 2.46. The minimum Gasteiger partial charge on any atom is -0.310 e. The molecule has 1 aliphatic carbocycles. The normalized spacial score (nSPS) is 12.4.